The van der Waals surface area contributed by atoms with Crippen molar-refractivity contribution in [1.82, 2.24) is 0 Å². The number of hydrogen-bond acceptors (Lipinski definition) is 1. The third kappa shape index (κ3) is 1.77. The van der Waals surface area contributed by atoms with Crippen LogP contribution in [0.2, 0.25) is 0 Å². The summed E-state index contributed by atoms with van der Waals surface area (Å²) in [6.45, 7) is 4.69. The fourth-order valence-corrected chi connectivity index (χ4v) is 1.87. The van der Waals surface area contributed by atoms with E-state index >= 15 is 0 Å². The van der Waals surface area contributed by atoms with Gasteiger partial charge in [0.1, 0.15) is 0 Å². The van der Waals surface area contributed by atoms with Crippen molar-refractivity contribution >= 4 is 5.71 Å². The molecule has 0 aromatic heterocycles. The van der Waals surface area contributed by atoms with Crippen molar-refractivity contribution in [2.24, 2.45) is 4.99 Å². The summed E-state index contributed by atoms with van der Waals surface area (Å²) in [6, 6.07) is 8.58. The van der Waals surface area contributed by atoms with Gasteiger partial charge >= 0.3 is 0 Å². The second kappa shape index (κ2) is 4.23. The van der Waals surface area contributed by atoms with Crippen LogP contribution >= 0.6 is 0 Å². The van der Waals surface area contributed by atoms with E-state index in [1.807, 2.05) is 6.08 Å². The van der Waals surface area contributed by atoms with Crippen LogP contribution in [0.25, 0.3) is 0 Å². The van der Waals surface area contributed by atoms with Crippen LogP contribution in [-0.4, -0.2) is 12.3 Å². The predicted molar refractivity (Wildman–Crippen MR) is 61.0 cm³/mol. The Hall–Kier alpha value is -1.37. The minimum Gasteiger partial charge on any atom is -0.289 e. The third-order valence-electron chi connectivity index (χ3n) is 2.60. The van der Waals surface area contributed by atoms with E-state index in [0.29, 0.717) is 0 Å². The highest BCUT2D eigenvalue weighted by molar-refractivity contribution is 6.02. The van der Waals surface area contributed by atoms with Crippen LogP contribution in [0.5, 0.6) is 0 Å². The second-order valence-electron chi connectivity index (χ2n) is 3.56. The van der Waals surface area contributed by atoms with Crippen LogP contribution < -0.4 is 0 Å². The average Bonchev–Trinajstić information content (AvgIpc) is 2.26. The summed E-state index contributed by atoms with van der Waals surface area (Å²) in [5.74, 6) is 0. The van der Waals surface area contributed by atoms with Crippen molar-refractivity contribution in [3.05, 3.63) is 48.0 Å². The minimum atomic E-state index is 0.948. The summed E-state index contributed by atoms with van der Waals surface area (Å²) in [5.41, 5.74) is 4.05. The summed E-state index contributed by atoms with van der Waals surface area (Å²) < 4.78 is 0. The molecule has 1 heterocycles. The van der Waals surface area contributed by atoms with Crippen LogP contribution in [0.4, 0.5) is 0 Å². The Kier molecular flexibility index (Phi) is 2.78. The second-order valence-corrected chi connectivity index (χ2v) is 3.56. The van der Waals surface area contributed by atoms with Crippen molar-refractivity contribution in [1.29, 1.82) is 0 Å². The summed E-state index contributed by atoms with van der Waals surface area (Å²) in [7, 11) is 0. The van der Waals surface area contributed by atoms with E-state index in [1.54, 1.807) is 0 Å². The molecule has 2 rings (SSSR count). The van der Waals surface area contributed by atoms with Gasteiger partial charge in [-0.25, -0.2) is 0 Å². The highest BCUT2D eigenvalue weighted by Crippen LogP contribution is 2.18. The van der Waals surface area contributed by atoms with E-state index in [9.17, 15) is 0 Å². The topological polar surface area (TPSA) is 12.4 Å². The number of fused-ring (bicyclic) bond motifs is 1. The molecule has 1 aliphatic rings. The Bertz CT molecular complexity index is 363. The van der Waals surface area contributed by atoms with Gasteiger partial charge in [0.05, 0.1) is 0 Å². The fourth-order valence-electron chi connectivity index (χ4n) is 1.87. The molecule has 0 saturated carbocycles. The first-order valence-corrected chi connectivity index (χ1v) is 5.14. The standard InChI is InChI=1S/C13H15N/c1-2-3-8-13-12-7-5-4-6-11(12)9-10-14-13/h2,4-7H,1,3,8-10H2. The van der Waals surface area contributed by atoms with Crippen molar-refractivity contribution in [3.63, 3.8) is 0 Å². The number of benzene rings is 1. The van der Waals surface area contributed by atoms with Gasteiger partial charge in [0.2, 0.25) is 0 Å². The maximum atomic E-state index is 4.58. The van der Waals surface area contributed by atoms with Gasteiger partial charge in [0.25, 0.3) is 0 Å². The van der Waals surface area contributed by atoms with Crippen molar-refractivity contribution in [2.75, 3.05) is 6.54 Å². The van der Waals surface area contributed by atoms with Crippen molar-refractivity contribution < 1.29 is 0 Å². The molecule has 1 nitrogen and oxygen atoms in total. The normalized spacial score (nSPS) is 14.4. The maximum absolute atomic E-state index is 4.58. The first-order chi connectivity index (χ1) is 6.92. The van der Waals surface area contributed by atoms with Gasteiger partial charge in [-0.15, -0.1) is 6.58 Å². The largest absolute Gasteiger partial charge is 0.289 e. The number of rotatable bonds is 3. The van der Waals surface area contributed by atoms with E-state index in [-0.39, 0.29) is 0 Å². The lowest BCUT2D eigenvalue weighted by molar-refractivity contribution is 0.921. The Morgan fingerprint density at radius 2 is 2.21 bits per heavy atom. The monoisotopic (exact) mass is 185 g/mol. The van der Waals surface area contributed by atoms with Crippen LogP contribution in [0.15, 0.2) is 41.9 Å². The summed E-state index contributed by atoms with van der Waals surface area (Å²) in [5, 5.41) is 0. The maximum Gasteiger partial charge on any atom is 0.0433 e. The van der Waals surface area contributed by atoms with Gasteiger partial charge in [-0.2, -0.15) is 0 Å². The molecule has 0 bridgehead atoms. The number of nitrogens with zero attached hydrogens (tertiary/aromatic N) is 1. The molecule has 1 aliphatic heterocycles. The van der Waals surface area contributed by atoms with Gasteiger partial charge in [-0.1, -0.05) is 30.3 Å². The zero-order valence-corrected chi connectivity index (χ0v) is 8.37. The molecule has 0 fully saturated rings. The minimum absolute atomic E-state index is 0.948. The average molecular weight is 185 g/mol. The lowest BCUT2D eigenvalue weighted by Gasteiger charge is -2.15. The van der Waals surface area contributed by atoms with Gasteiger partial charge in [-0.3, -0.25) is 4.99 Å². The molecule has 0 atom stereocenters. The molecule has 1 aromatic rings. The highest BCUT2D eigenvalue weighted by Gasteiger charge is 2.11. The van der Waals surface area contributed by atoms with Gasteiger partial charge in [-0.05, 0) is 30.4 Å². The van der Waals surface area contributed by atoms with E-state index in [1.165, 1.54) is 16.8 Å². The fraction of sp³-hybridized carbons (Fsp3) is 0.308. The van der Waals surface area contributed by atoms with Crippen LogP contribution in [0.3, 0.4) is 0 Å². The van der Waals surface area contributed by atoms with Gasteiger partial charge in [0, 0.05) is 12.3 Å². The van der Waals surface area contributed by atoms with Gasteiger partial charge < -0.3 is 0 Å². The number of allylic oxidation sites excluding steroid dienone is 1. The zero-order valence-electron chi connectivity index (χ0n) is 8.37. The molecule has 0 spiro atoms. The number of aliphatic imine (C=N–C) groups is 1. The molecular weight excluding hydrogens is 170 g/mol. The van der Waals surface area contributed by atoms with E-state index in [2.05, 4.69) is 35.8 Å². The van der Waals surface area contributed by atoms with E-state index < -0.39 is 0 Å². The zero-order chi connectivity index (χ0) is 9.80. The molecular formula is C13H15N. The summed E-state index contributed by atoms with van der Waals surface area (Å²) in [6.07, 6.45) is 5.10. The van der Waals surface area contributed by atoms with Crippen LogP contribution in [-0.2, 0) is 6.42 Å². The van der Waals surface area contributed by atoms with Crippen molar-refractivity contribution in [2.45, 2.75) is 19.3 Å². The van der Waals surface area contributed by atoms with Gasteiger partial charge in [0.15, 0.2) is 0 Å². The molecule has 0 aliphatic carbocycles. The van der Waals surface area contributed by atoms with E-state index in [4.69, 9.17) is 0 Å². The molecule has 0 N–H and O–H groups in total. The SMILES string of the molecule is C=CCCC1=NCCc2ccccc21. The Morgan fingerprint density at radius 3 is 3.07 bits per heavy atom. The third-order valence-corrected chi connectivity index (χ3v) is 2.60. The van der Waals surface area contributed by atoms with E-state index in [0.717, 1.165) is 25.8 Å². The molecule has 1 heteroatoms. The Labute approximate surface area is 85.2 Å². The van der Waals surface area contributed by atoms with Crippen LogP contribution in [0, 0.1) is 0 Å². The summed E-state index contributed by atoms with van der Waals surface area (Å²) in [4.78, 5) is 4.58. The molecule has 1 aromatic carbocycles. The predicted octanol–water partition coefficient (Wildman–Crippen LogP) is 3.00. The molecule has 0 unspecified atom stereocenters. The lowest BCUT2D eigenvalue weighted by Crippen LogP contribution is -2.12. The molecule has 0 radical (unpaired) electrons. The molecule has 14 heavy (non-hydrogen) atoms. The van der Waals surface area contributed by atoms with Crippen LogP contribution in [0.1, 0.15) is 24.0 Å². The van der Waals surface area contributed by atoms with Crippen molar-refractivity contribution in [3.8, 4) is 0 Å². The number of hydrogen-bond donors (Lipinski definition) is 0. The Morgan fingerprint density at radius 1 is 1.36 bits per heavy atom. The first-order valence-electron chi connectivity index (χ1n) is 5.14. The first kappa shape index (κ1) is 9.20. The quantitative estimate of drug-likeness (QED) is 0.642. The molecule has 0 amide bonds. The smallest absolute Gasteiger partial charge is 0.0433 e. The molecule has 72 valence electrons. The highest BCUT2D eigenvalue weighted by atomic mass is 14.7. The Balaban J connectivity index is 2.26. The summed E-state index contributed by atoms with van der Waals surface area (Å²) >= 11 is 0. The molecule has 0 saturated heterocycles. The lowest BCUT2D eigenvalue weighted by atomic mass is 9.95.